The van der Waals surface area contributed by atoms with Gasteiger partial charge in [0, 0.05) is 18.2 Å². The van der Waals surface area contributed by atoms with Crippen molar-refractivity contribution < 1.29 is 27.9 Å². The number of nitrogens with zero attached hydrogens (tertiary/aromatic N) is 1. The zero-order valence-electron chi connectivity index (χ0n) is 18.8. The van der Waals surface area contributed by atoms with E-state index in [0.717, 1.165) is 0 Å². The lowest BCUT2D eigenvalue weighted by Crippen LogP contribution is -2.37. The number of aromatic nitrogens is 2. The summed E-state index contributed by atoms with van der Waals surface area (Å²) in [4.78, 5) is 37.6. The van der Waals surface area contributed by atoms with Crippen molar-refractivity contribution in [3.8, 4) is 5.75 Å². The lowest BCUT2D eigenvalue weighted by molar-refractivity contribution is -0.142. The van der Waals surface area contributed by atoms with Gasteiger partial charge in [-0.15, -0.1) is 0 Å². The minimum absolute atomic E-state index is 0.0963. The Hall–Kier alpha value is -2.72. The standard InChI is InChI=1S/C21H28N3O8P/c1-13-12-17(30-19(13)24-11-10-18(25)22-21(24)27)15(3)31-33(28,23-14(2)20(26)29-4)32-16-8-6-5-7-9-16/h5-11,13-15,17,19H,12H2,1-4H3,(H,23,28)(H,22,25,27)/t13?,14?,15?,17-,19+,33?/m0/s1. The second kappa shape index (κ2) is 10.5. The number of carbonyl (C=O) groups excluding carboxylic acids is 1. The fourth-order valence-corrected chi connectivity index (χ4v) is 5.28. The molecule has 1 aromatic heterocycles. The summed E-state index contributed by atoms with van der Waals surface area (Å²) in [7, 11) is -2.83. The van der Waals surface area contributed by atoms with E-state index >= 15 is 0 Å². The highest BCUT2D eigenvalue weighted by Gasteiger charge is 2.41. The third-order valence-corrected chi connectivity index (χ3v) is 7.00. The lowest BCUT2D eigenvalue weighted by atomic mass is 10.0. The Bertz CT molecular complexity index is 1120. The molecule has 33 heavy (non-hydrogen) atoms. The molecule has 1 aliphatic heterocycles. The molecule has 0 spiro atoms. The molecule has 12 heteroatoms. The molecule has 0 bridgehead atoms. The number of ether oxygens (including phenoxy) is 2. The third kappa shape index (κ3) is 6.20. The van der Waals surface area contributed by atoms with E-state index in [2.05, 4.69) is 10.1 Å². The van der Waals surface area contributed by atoms with E-state index in [-0.39, 0.29) is 11.7 Å². The zero-order chi connectivity index (χ0) is 24.2. The number of hydrogen-bond acceptors (Lipinski definition) is 8. The van der Waals surface area contributed by atoms with Gasteiger partial charge in [0.1, 0.15) is 18.0 Å². The average Bonchev–Trinajstić information content (AvgIpc) is 3.15. The first-order valence-corrected chi connectivity index (χ1v) is 12.0. The molecule has 1 saturated heterocycles. The summed E-state index contributed by atoms with van der Waals surface area (Å²) in [6.07, 6.45) is -0.0366. The minimum Gasteiger partial charge on any atom is -0.468 e. The number of methoxy groups -OCH3 is 1. The highest BCUT2D eigenvalue weighted by atomic mass is 31.2. The SMILES string of the molecule is COC(=O)C(C)NP(=O)(Oc1ccccc1)OC(C)[C@@H]1CC(C)[C@H](n2ccc(=O)[nH]c2=O)O1. The van der Waals surface area contributed by atoms with Crippen molar-refractivity contribution in [3.05, 3.63) is 63.4 Å². The normalized spacial score (nSPS) is 23.9. The largest absolute Gasteiger partial charge is 0.468 e. The van der Waals surface area contributed by atoms with Gasteiger partial charge in [-0.25, -0.2) is 9.36 Å². The molecule has 6 atom stereocenters. The first kappa shape index (κ1) is 24.9. The number of benzene rings is 1. The van der Waals surface area contributed by atoms with Gasteiger partial charge in [0.25, 0.3) is 5.56 Å². The van der Waals surface area contributed by atoms with Crippen LogP contribution in [0.25, 0.3) is 0 Å². The third-order valence-electron chi connectivity index (χ3n) is 5.23. The van der Waals surface area contributed by atoms with Gasteiger partial charge in [0.15, 0.2) is 0 Å². The Morgan fingerprint density at radius 3 is 2.58 bits per heavy atom. The van der Waals surface area contributed by atoms with Crippen LogP contribution in [0.15, 0.2) is 52.2 Å². The molecule has 0 radical (unpaired) electrons. The summed E-state index contributed by atoms with van der Waals surface area (Å²) >= 11 is 0. The Morgan fingerprint density at radius 2 is 1.94 bits per heavy atom. The molecule has 4 unspecified atom stereocenters. The van der Waals surface area contributed by atoms with Crippen molar-refractivity contribution in [2.24, 2.45) is 5.92 Å². The molecule has 0 amide bonds. The number of rotatable bonds is 9. The number of aromatic amines is 1. The van der Waals surface area contributed by atoms with Crippen LogP contribution in [0, 0.1) is 5.92 Å². The van der Waals surface area contributed by atoms with Gasteiger partial charge >= 0.3 is 19.4 Å². The second-order valence-corrected chi connectivity index (χ2v) is 9.53. The molecule has 11 nitrogen and oxygen atoms in total. The summed E-state index contributed by atoms with van der Waals surface area (Å²) in [6, 6.07) is 8.69. The molecule has 180 valence electrons. The topological polar surface area (TPSA) is 138 Å². The zero-order valence-corrected chi connectivity index (χ0v) is 19.7. The van der Waals surface area contributed by atoms with Gasteiger partial charge in [0.05, 0.1) is 19.3 Å². The van der Waals surface area contributed by atoms with Crippen molar-refractivity contribution in [1.82, 2.24) is 14.6 Å². The number of para-hydroxylation sites is 1. The van der Waals surface area contributed by atoms with Gasteiger partial charge in [-0.3, -0.25) is 23.7 Å². The van der Waals surface area contributed by atoms with Crippen LogP contribution in [0.3, 0.4) is 0 Å². The van der Waals surface area contributed by atoms with E-state index in [9.17, 15) is 18.9 Å². The van der Waals surface area contributed by atoms with Gasteiger partial charge in [-0.05, 0) is 32.4 Å². The van der Waals surface area contributed by atoms with E-state index in [0.29, 0.717) is 6.42 Å². The number of carbonyl (C=O) groups is 1. The van der Waals surface area contributed by atoms with Crippen molar-refractivity contribution in [2.75, 3.05) is 7.11 Å². The van der Waals surface area contributed by atoms with Crippen molar-refractivity contribution in [1.29, 1.82) is 0 Å². The fraction of sp³-hybridized carbons (Fsp3) is 0.476. The number of hydrogen-bond donors (Lipinski definition) is 2. The van der Waals surface area contributed by atoms with Crippen LogP contribution in [0.5, 0.6) is 5.75 Å². The maximum atomic E-state index is 13.6. The van der Waals surface area contributed by atoms with E-state index in [1.807, 2.05) is 6.92 Å². The first-order valence-electron chi connectivity index (χ1n) is 10.5. The Kier molecular flexibility index (Phi) is 7.91. The van der Waals surface area contributed by atoms with Crippen molar-refractivity contribution in [2.45, 2.75) is 51.7 Å². The van der Waals surface area contributed by atoms with Gasteiger partial charge in [-0.2, -0.15) is 5.09 Å². The van der Waals surface area contributed by atoms with Gasteiger partial charge in [0.2, 0.25) is 0 Å². The first-order chi connectivity index (χ1) is 15.6. The highest BCUT2D eigenvalue weighted by Crippen LogP contribution is 2.48. The number of nitrogens with one attached hydrogen (secondary N) is 2. The molecule has 2 N–H and O–H groups in total. The fourth-order valence-electron chi connectivity index (χ4n) is 3.57. The average molecular weight is 481 g/mol. The van der Waals surface area contributed by atoms with Crippen molar-refractivity contribution >= 4 is 13.7 Å². The maximum absolute atomic E-state index is 13.6. The number of esters is 1. The molecule has 1 fully saturated rings. The van der Waals surface area contributed by atoms with Crippen LogP contribution in [0.1, 0.15) is 33.4 Å². The predicted octanol–water partition coefficient (Wildman–Crippen LogP) is 2.20. The van der Waals surface area contributed by atoms with Gasteiger partial charge < -0.3 is 14.0 Å². The molecule has 1 aromatic carbocycles. The Balaban J connectivity index is 1.77. The number of H-pyrrole nitrogens is 1. The second-order valence-electron chi connectivity index (χ2n) is 7.88. The van der Waals surface area contributed by atoms with E-state index in [1.165, 1.54) is 30.9 Å². The lowest BCUT2D eigenvalue weighted by Gasteiger charge is -2.27. The van der Waals surface area contributed by atoms with Crippen LogP contribution >= 0.6 is 7.75 Å². The molecule has 2 aromatic rings. The van der Waals surface area contributed by atoms with E-state index in [4.69, 9.17) is 18.5 Å². The van der Waals surface area contributed by atoms with Crippen molar-refractivity contribution in [3.63, 3.8) is 0 Å². The molecule has 0 aliphatic carbocycles. The molecular formula is C21H28N3O8P. The summed E-state index contributed by atoms with van der Waals surface area (Å²) in [6.45, 7) is 5.04. The summed E-state index contributed by atoms with van der Waals surface area (Å²) in [5.41, 5.74) is -1.08. The molecule has 1 aliphatic rings. The van der Waals surface area contributed by atoms with Crippen LogP contribution in [0.4, 0.5) is 0 Å². The predicted molar refractivity (Wildman–Crippen MR) is 119 cm³/mol. The summed E-state index contributed by atoms with van der Waals surface area (Å²) < 4.78 is 37.1. The summed E-state index contributed by atoms with van der Waals surface area (Å²) in [5, 5.41) is 2.60. The van der Waals surface area contributed by atoms with Crippen LogP contribution in [0.2, 0.25) is 0 Å². The minimum atomic E-state index is -4.05. The smallest absolute Gasteiger partial charge is 0.459 e. The van der Waals surface area contributed by atoms with E-state index in [1.54, 1.807) is 37.3 Å². The highest BCUT2D eigenvalue weighted by molar-refractivity contribution is 7.52. The monoisotopic (exact) mass is 481 g/mol. The Labute approximate surface area is 190 Å². The molecule has 3 rings (SSSR count). The van der Waals surface area contributed by atoms with E-state index < -0.39 is 49.4 Å². The molecule has 2 heterocycles. The molecule has 0 saturated carbocycles. The summed E-state index contributed by atoms with van der Waals surface area (Å²) in [5.74, 6) is -0.441. The Morgan fingerprint density at radius 1 is 1.24 bits per heavy atom. The maximum Gasteiger partial charge on any atom is 0.459 e. The quantitative estimate of drug-likeness (QED) is 0.408. The van der Waals surface area contributed by atoms with Crippen LogP contribution in [-0.2, 0) is 23.4 Å². The van der Waals surface area contributed by atoms with Crippen LogP contribution < -0.4 is 20.9 Å². The van der Waals surface area contributed by atoms with Gasteiger partial charge in [-0.1, -0.05) is 25.1 Å². The molecular weight excluding hydrogens is 453 g/mol. The van der Waals surface area contributed by atoms with Crippen LogP contribution in [-0.4, -0.2) is 40.9 Å².